The minimum Gasteiger partial charge on any atom is -0.371 e. The molecule has 0 N–H and O–H groups in total. The van der Waals surface area contributed by atoms with Crippen LogP contribution in [0.4, 0.5) is 0 Å². The highest BCUT2D eigenvalue weighted by Gasteiger charge is 2.24. The van der Waals surface area contributed by atoms with Crippen molar-refractivity contribution in [2.75, 3.05) is 6.61 Å². The Bertz CT molecular complexity index is 784. The summed E-state index contributed by atoms with van der Waals surface area (Å²) in [6.07, 6.45) is 1.24. The lowest BCUT2D eigenvalue weighted by atomic mass is 10.1. The Morgan fingerprint density at radius 1 is 1.16 bits per heavy atom. The number of nitrogens with zero attached hydrogens (tertiary/aromatic N) is 1. The first-order chi connectivity index (χ1) is 9.36. The molecule has 0 amide bonds. The molecule has 0 aliphatic carbocycles. The molecule has 1 atom stereocenters. The van der Waals surface area contributed by atoms with Gasteiger partial charge in [-0.1, -0.05) is 18.2 Å². The summed E-state index contributed by atoms with van der Waals surface area (Å²) in [6.45, 7) is 1.73. The first-order valence-corrected chi connectivity index (χ1v) is 6.44. The lowest BCUT2D eigenvalue weighted by molar-refractivity contribution is 0.112. The Balaban J connectivity index is 2.07. The van der Waals surface area contributed by atoms with E-state index in [9.17, 15) is 4.79 Å². The van der Waals surface area contributed by atoms with Gasteiger partial charge in [0.25, 0.3) is 0 Å². The van der Waals surface area contributed by atoms with Crippen LogP contribution < -0.4 is 0 Å². The molecular weight excluding hydrogens is 238 g/mol. The van der Waals surface area contributed by atoms with Gasteiger partial charge in [0.2, 0.25) is 0 Å². The second-order valence-electron chi connectivity index (χ2n) is 4.98. The number of carbonyl (C=O) groups is 1. The standard InChI is InChI=1S/C16H13NO2/c18-9-11-5-6-16-14(7-11)13-3-1-2-4-15(13)17(16)8-12-10-19-12/h1-7,9,12H,8,10H2. The maximum Gasteiger partial charge on any atom is 0.150 e. The summed E-state index contributed by atoms with van der Waals surface area (Å²) in [6, 6.07) is 14.2. The van der Waals surface area contributed by atoms with Crippen molar-refractivity contribution in [3.8, 4) is 0 Å². The normalized spacial score (nSPS) is 18.0. The third-order valence-electron chi connectivity index (χ3n) is 3.72. The highest BCUT2D eigenvalue weighted by Crippen LogP contribution is 2.30. The summed E-state index contributed by atoms with van der Waals surface area (Å²) in [5.41, 5.74) is 3.09. The van der Waals surface area contributed by atoms with Gasteiger partial charge in [0.1, 0.15) is 6.29 Å². The van der Waals surface area contributed by atoms with Crippen molar-refractivity contribution in [2.45, 2.75) is 12.6 Å². The number of hydrogen-bond acceptors (Lipinski definition) is 2. The van der Waals surface area contributed by atoms with Crippen molar-refractivity contribution in [1.82, 2.24) is 4.57 Å². The molecule has 2 aromatic carbocycles. The number of aldehydes is 1. The van der Waals surface area contributed by atoms with E-state index >= 15 is 0 Å². The predicted octanol–water partition coefficient (Wildman–Crippen LogP) is 3.01. The Kier molecular flexibility index (Phi) is 2.23. The lowest BCUT2D eigenvalue weighted by Gasteiger charge is -2.04. The monoisotopic (exact) mass is 251 g/mol. The average molecular weight is 251 g/mol. The lowest BCUT2D eigenvalue weighted by Crippen LogP contribution is -2.03. The Morgan fingerprint density at radius 2 is 1.95 bits per heavy atom. The van der Waals surface area contributed by atoms with E-state index in [-0.39, 0.29) is 0 Å². The fourth-order valence-electron chi connectivity index (χ4n) is 2.72. The van der Waals surface area contributed by atoms with Gasteiger partial charge >= 0.3 is 0 Å². The molecule has 0 bridgehead atoms. The van der Waals surface area contributed by atoms with E-state index in [0.717, 1.165) is 30.4 Å². The van der Waals surface area contributed by atoms with Crippen molar-refractivity contribution < 1.29 is 9.53 Å². The number of epoxide rings is 1. The average Bonchev–Trinajstić information content (AvgIpc) is 3.23. The van der Waals surface area contributed by atoms with E-state index in [4.69, 9.17) is 4.74 Å². The maximum atomic E-state index is 11.0. The Labute approximate surface area is 110 Å². The van der Waals surface area contributed by atoms with Crippen molar-refractivity contribution >= 4 is 28.1 Å². The van der Waals surface area contributed by atoms with Gasteiger partial charge in [-0.05, 0) is 24.3 Å². The van der Waals surface area contributed by atoms with Crippen LogP contribution in [0.3, 0.4) is 0 Å². The summed E-state index contributed by atoms with van der Waals surface area (Å²) in [5, 5.41) is 2.34. The van der Waals surface area contributed by atoms with Crippen LogP contribution in [0.25, 0.3) is 21.8 Å². The minimum absolute atomic E-state index is 0.338. The molecule has 94 valence electrons. The fraction of sp³-hybridized carbons (Fsp3) is 0.188. The molecule has 3 heteroatoms. The smallest absolute Gasteiger partial charge is 0.150 e. The Morgan fingerprint density at radius 3 is 2.74 bits per heavy atom. The summed E-state index contributed by atoms with van der Waals surface area (Å²) in [4.78, 5) is 11.0. The van der Waals surface area contributed by atoms with Crippen molar-refractivity contribution in [3.05, 3.63) is 48.0 Å². The molecule has 4 rings (SSSR count). The van der Waals surface area contributed by atoms with Gasteiger partial charge < -0.3 is 9.30 Å². The first-order valence-electron chi connectivity index (χ1n) is 6.44. The summed E-state index contributed by atoms with van der Waals surface area (Å²) < 4.78 is 7.64. The van der Waals surface area contributed by atoms with Gasteiger partial charge in [-0.3, -0.25) is 4.79 Å². The van der Waals surface area contributed by atoms with Crippen LogP contribution in [0.5, 0.6) is 0 Å². The number of rotatable bonds is 3. The highest BCUT2D eigenvalue weighted by atomic mass is 16.6. The van der Waals surface area contributed by atoms with Gasteiger partial charge in [-0.2, -0.15) is 0 Å². The second kappa shape index (κ2) is 3.93. The molecule has 0 spiro atoms. The van der Waals surface area contributed by atoms with Crippen LogP contribution in [0, 0.1) is 0 Å². The third kappa shape index (κ3) is 1.66. The second-order valence-corrected chi connectivity index (χ2v) is 4.98. The van der Waals surface area contributed by atoms with Crippen molar-refractivity contribution in [2.24, 2.45) is 0 Å². The SMILES string of the molecule is O=Cc1ccc2c(c1)c1ccccc1n2CC1CO1. The van der Waals surface area contributed by atoms with Crippen LogP contribution in [0.1, 0.15) is 10.4 Å². The molecular formula is C16H13NO2. The third-order valence-corrected chi connectivity index (χ3v) is 3.72. The predicted molar refractivity (Wildman–Crippen MR) is 74.6 cm³/mol. The van der Waals surface area contributed by atoms with E-state index in [1.165, 1.54) is 16.4 Å². The topological polar surface area (TPSA) is 34.5 Å². The Hall–Kier alpha value is -2.13. The summed E-state index contributed by atoms with van der Waals surface area (Å²) in [7, 11) is 0. The molecule has 3 aromatic rings. The van der Waals surface area contributed by atoms with Gasteiger partial charge in [-0.25, -0.2) is 0 Å². The van der Waals surface area contributed by atoms with Gasteiger partial charge in [0, 0.05) is 27.4 Å². The van der Waals surface area contributed by atoms with Crippen molar-refractivity contribution in [1.29, 1.82) is 0 Å². The molecule has 1 saturated heterocycles. The van der Waals surface area contributed by atoms with Crippen LogP contribution >= 0.6 is 0 Å². The number of para-hydroxylation sites is 1. The molecule has 19 heavy (non-hydrogen) atoms. The largest absolute Gasteiger partial charge is 0.371 e. The van der Waals surface area contributed by atoms with Gasteiger partial charge in [0.15, 0.2) is 0 Å². The van der Waals surface area contributed by atoms with Crippen LogP contribution in [-0.2, 0) is 11.3 Å². The molecule has 1 fully saturated rings. The number of hydrogen-bond donors (Lipinski definition) is 0. The van der Waals surface area contributed by atoms with E-state index in [0.29, 0.717) is 6.10 Å². The highest BCUT2D eigenvalue weighted by molar-refractivity contribution is 6.09. The molecule has 2 heterocycles. The first kappa shape index (κ1) is 10.8. The van der Waals surface area contributed by atoms with Gasteiger partial charge in [-0.15, -0.1) is 0 Å². The number of fused-ring (bicyclic) bond motifs is 3. The van der Waals surface area contributed by atoms with Crippen LogP contribution in [0.15, 0.2) is 42.5 Å². The molecule has 1 aliphatic heterocycles. The molecule has 0 saturated carbocycles. The quantitative estimate of drug-likeness (QED) is 0.529. The zero-order valence-corrected chi connectivity index (χ0v) is 10.4. The summed E-state index contributed by atoms with van der Waals surface area (Å²) >= 11 is 0. The molecule has 0 radical (unpaired) electrons. The van der Waals surface area contributed by atoms with E-state index in [1.54, 1.807) is 0 Å². The fourth-order valence-corrected chi connectivity index (χ4v) is 2.72. The number of aromatic nitrogens is 1. The number of ether oxygens (including phenoxy) is 1. The van der Waals surface area contributed by atoms with Crippen molar-refractivity contribution in [3.63, 3.8) is 0 Å². The molecule has 3 nitrogen and oxygen atoms in total. The molecule has 1 aromatic heterocycles. The zero-order chi connectivity index (χ0) is 12.8. The minimum atomic E-state index is 0.338. The number of benzene rings is 2. The van der Waals surface area contributed by atoms with E-state index in [2.05, 4.69) is 16.7 Å². The molecule has 1 aliphatic rings. The van der Waals surface area contributed by atoms with Gasteiger partial charge in [0.05, 0.1) is 19.3 Å². The maximum absolute atomic E-state index is 11.0. The molecule has 1 unspecified atom stereocenters. The number of carbonyl (C=O) groups excluding carboxylic acids is 1. The zero-order valence-electron chi connectivity index (χ0n) is 10.4. The van der Waals surface area contributed by atoms with Crippen LogP contribution in [0.2, 0.25) is 0 Å². The van der Waals surface area contributed by atoms with E-state index < -0.39 is 0 Å². The summed E-state index contributed by atoms with van der Waals surface area (Å²) in [5.74, 6) is 0. The van der Waals surface area contributed by atoms with Crippen LogP contribution in [-0.4, -0.2) is 23.6 Å². The van der Waals surface area contributed by atoms with E-state index in [1.807, 2.05) is 30.3 Å².